The Bertz CT molecular complexity index is 82.5. The van der Waals surface area contributed by atoms with E-state index in [0.29, 0.717) is 0 Å². The van der Waals surface area contributed by atoms with Gasteiger partial charge in [0.25, 0.3) is 0 Å². The normalized spacial score (nSPS) is 4.00. The van der Waals surface area contributed by atoms with E-state index in [2.05, 4.69) is 0 Å². The molecule has 0 atom stereocenters. The topological polar surface area (TPSA) is 116 Å². The van der Waals surface area contributed by atoms with E-state index in [1.54, 1.807) is 0 Å². The molecule has 0 heterocycles. The minimum atomic E-state index is -1.83. The summed E-state index contributed by atoms with van der Waals surface area (Å²) in [5.41, 5.74) is 13.5. The molecule has 6 nitrogen and oxygen atoms in total. The van der Waals surface area contributed by atoms with Crippen molar-refractivity contribution in [2.24, 2.45) is 0 Å². The van der Waals surface area contributed by atoms with Crippen molar-refractivity contribution in [2.75, 3.05) is 0 Å². The van der Waals surface area contributed by atoms with Crippen molar-refractivity contribution in [2.45, 2.75) is 0 Å². The van der Waals surface area contributed by atoms with Gasteiger partial charge in [-0.2, -0.15) is 0 Å². The van der Waals surface area contributed by atoms with Gasteiger partial charge in [-0.05, 0) is 0 Å². The van der Waals surface area contributed by atoms with Gasteiger partial charge in [0.15, 0.2) is 0 Å². The first kappa shape index (κ1) is 15.6. The molecule has 0 aliphatic heterocycles. The first-order valence-corrected chi connectivity index (χ1v) is 1.05. The Hall–Kier alpha value is -0.420. The Kier molecular flexibility index (Phi) is 31.3. The quantitative estimate of drug-likeness (QED) is 0.171. The molecular weight excluding hydrogens is 125 g/mol. The van der Waals surface area contributed by atoms with Crippen molar-refractivity contribution < 1.29 is 44.6 Å². The molecule has 7 heteroatoms. The van der Waals surface area contributed by atoms with Gasteiger partial charge in [-0.25, -0.2) is 4.79 Å². The first-order chi connectivity index (χ1) is 3.15. The summed E-state index contributed by atoms with van der Waals surface area (Å²) >= 11 is 0. The molecule has 40 valence electrons. The van der Waals surface area contributed by atoms with Crippen molar-refractivity contribution in [1.29, 1.82) is 0 Å². The zero-order valence-electron chi connectivity index (χ0n) is 4.14. The monoisotopic (exact) mass is 127 g/mol. The van der Waals surface area contributed by atoms with Crippen LogP contribution in [0.1, 0.15) is 0 Å². The van der Waals surface area contributed by atoms with Crippen molar-refractivity contribution in [3.63, 3.8) is 0 Å². The molecule has 0 aliphatic carbocycles. The van der Waals surface area contributed by atoms with Gasteiger partial charge in [0.1, 0.15) is 0 Å². The van der Waals surface area contributed by atoms with Crippen LogP contribution in [-0.4, -0.2) is 16.4 Å². The summed E-state index contributed by atoms with van der Waals surface area (Å²) in [6, 6.07) is 0. The number of rotatable bonds is 0. The largest absolute Gasteiger partial charge is 1.00 e. The first-order valence-electron chi connectivity index (χ1n) is 1.05. The van der Waals surface area contributed by atoms with Crippen LogP contribution in [0.15, 0.2) is 0 Å². The molecular formula is CH2N3NaO3. The Labute approximate surface area is 66.8 Å². The summed E-state index contributed by atoms with van der Waals surface area (Å²) in [6.07, 6.45) is -1.83. The number of carbonyl (C=O) groups is 1. The number of hydrogen-bond acceptors (Lipinski definition) is 1. The number of carboxylic acid groups (broad SMARTS) is 2. The van der Waals surface area contributed by atoms with Crippen LogP contribution in [0.5, 0.6) is 0 Å². The fourth-order valence-corrected chi connectivity index (χ4v) is 0. The van der Waals surface area contributed by atoms with Gasteiger partial charge in [-0.15, -0.1) is 0 Å². The Balaban J connectivity index is -0.0000000575. The van der Waals surface area contributed by atoms with Crippen LogP contribution in [-0.2, 0) is 0 Å². The molecule has 0 aromatic carbocycles. The molecule has 0 rings (SSSR count). The van der Waals surface area contributed by atoms with E-state index in [0.717, 1.165) is 0 Å². The predicted molar refractivity (Wildman–Crippen MR) is 20.7 cm³/mol. The zero-order valence-corrected chi connectivity index (χ0v) is 6.14. The average Bonchev–Trinajstić information content (AvgIpc) is 1.33. The Morgan fingerprint density at radius 2 is 1.38 bits per heavy atom. The summed E-state index contributed by atoms with van der Waals surface area (Å²) in [5, 5.41) is 13.9. The summed E-state index contributed by atoms with van der Waals surface area (Å²) in [4.78, 5) is 10.1. The van der Waals surface area contributed by atoms with Crippen LogP contribution in [0.3, 0.4) is 0 Å². The van der Waals surface area contributed by atoms with Crippen molar-refractivity contribution in [1.82, 2.24) is 0 Å². The summed E-state index contributed by atoms with van der Waals surface area (Å²) in [6.45, 7) is 0. The van der Waals surface area contributed by atoms with Gasteiger partial charge in [0.05, 0.1) is 0 Å². The third kappa shape index (κ3) is 664. The molecule has 0 bridgehead atoms. The molecule has 0 amide bonds. The van der Waals surface area contributed by atoms with Crippen molar-refractivity contribution in [3.8, 4) is 0 Å². The molecule has 0 unspecified atom stereocenters. The van der Waals surface area contributed by atoms with Crippen LogP contribution in [0.2, 0.25) is 0 Å². The molecule has 8 heavy (non-hydrogen) atoms. The van der Waals surface area contributed by atoms with E-state index >= 15 is 0 Å². The van der Waals surface area contributed by atoms with E-state index < -0.39 is 6.16 Å². The van der Waals surface area contributed by atoms with E-state index in [-0.39, 0.29) is 29.6 Å². The minimum Gasteiger partial charge on any atom is -0.450 e. The van der Waals surface area contributed by atoms with Gasteiger partial charge in [-0.3, -0.25) is 4.91 Å². The van der Waals surface area contributed by atoms with Gasteiger partial charge < -0.3 is 21.3 Å². The molecule has 0 spiro atoms. The van der Waals surface area contributed by atoms with Gasteiger partial charge in [-0.1, -0.05) is 0 Å². The molecule has 0 saturated carbocycles. The van der Waals surface area contributed by atoms with Crippen LogP contribution in [0, 0.1) is 0 Å². The molecule has 2 N–H and O–H groups in total. The smallest absolute Gasteiger partial charge is 0.450 e. The SMILES string of the molecule is O=C(O)O.[N-]=[N+]=[N-].[Na+]. The third-order valence-corrected chi connectivity index (χ3v) is 0. The second kappa shape index (κ2) is 16.0. The Morgan fingerprint density at radius 3 is 1.38 bits per heavy atom. The van der Waals surface area contributed by atoms with E-state index in [4.69, 9.17) is 26.1 Å². The number of hydrogen-bond donors (Lipinski definition) is 2. The van der Waals surface area contributed by atoms with E-state index in [1.165, 1.54) is 4.91 Å². The van der Waals surface area contributed by atoms with Gasteiger partial charge in [0, 0.05) is 0 Å². The molecule has 0 aromatic heterocycles. The van der Waals surface area contributed by atoms with Crippen molar-refractivity contribution in [3.05, 3.63) is 16.0 Å². The standard InChI is InChI=1S/CH2O3.N3.Na/c2-1(3)4;1-3-2;/h(H2,2,3,4);;/q;-1;+1. The van der Waals surface area contributed by atoms with Crippen LogP contribution in [0.25, 0.3) is 16.0 Å². The number of nitrogens with zero attached hydrogens (tertiary/aromatic N) is 3. The van der Waals surface area contributed by atoms with Gasteiger partial charge >= 0.3 is 35.7 Å². The van der Waals surface area contributed by atoms with Crippen LogP contribution < -0.4 is 29.6 Å². The molecule has 0 aliphatic rings. The average molecular weight is 127 g/mol. The molecule has 0 radical (unpaired) electrons. The minimum absolute atomic E-state index is 0. The van der Waals surface area contributed by atoms with Crippen LogP contribution >= 0.6 is 0 Å². The second-order valence-corrected chi connectivity index (χ2v) is 0.372. The molecule has 0 aromatic rings. The fourth-order valence-electron chi connectivity index (χ4n) is 0. The maximum absolute atomic E-state index is 8.56. The molecule has 0 fully saturated rings. The van der Waals surface area contributed by atoms with Gasteiger partial charge in [0.2, 0.25) is 0 Å². The maximum Gasteiger partial charge on any atom is 1.00 e. The zero-order chi connectivity index (χ0) is 6.28. The molecule has 0 saturated heterocycles. The third-order valence-electron chi connectivity index (χ3n) is 0. The second-order valence-electron chi connectivity index (χ2n) is 0.372. The fraction of sp³-hybridized carbons (Fsp3) is 0. The van der Waals surface area contributed by atoms with Crippen molar-refractivity contribution >= 4 is 6.16 Å². The predicted octanol–water partition coefficient (Wildman–Crippen LogP) is -1.91. The van der Waals surface area contributed by atoms with E-state index in [9.17, 15) is 0 Å². The summed E-state index contributed by atoms with van der Waals surface area (Å²) in [5.74, 6) is 0. The summed E-state index contributed by atoms with van der Waals surface area (Å²) in [7, 11) is 0. The maximum atomic E-state index is 8.56. The summed E-state index contributed by atoms with van der Waals surface area (Å²) < 4.78 is 0. The van der Waals surface area contributed by atoms with E-state index in [1.807, 2.05) is 0 Å². The Morgan fingerprint density at radius 1 is 1.38 bits per heavy atom. The van der Waals surface area contributed by atoms with Crippen LogP contribution in [0.4, 0.5) is 4.79 Å².